The van der Waals surface area contributed by atoms with E-state index in [1.165, 1.54) is 6.20 Å². The van der Waals surface area contributed by atoms with Crippen molar-refractivity contribution in [2.45, 2.75) is 0 Å². The summed E-state index contributed by atoms with van der Waals surface area (Å²) in [5.74, 6) is 0. The van der Waals surface area contributed by atoms with Crippen molar-refractivity contribution in [1.29, 1.82) is 0 Å². The fourth-order valence-electron chi connectivity index (χ4n) is 0.470. The second kappa shape index (κ2) is 2.81. The second-order valence-electron chi connectivity index (χ2n) is 1.47. The highest BCUT2D eigenvalue weighted by Gasteiger charge is 1.81. The molecule has 0 aliphatic rings. The van der Waals surface area contributed by atoms with Crippen LogP contribution in [0.1, 0.15) is 5.69 Å². The summed E-state index contributed by atoms with van der Waals surface area (Å²) in [7, 11) is 0. The van der Waals surface area contributed by atoms with Crippen LogP contribution in [-0.4, -0.2) is 16.2 Å². The molecule has 0 radical (unpaired) electrons. The summed E-state index contributed by atoms with van der Waals surface area (Å²) in [5, 5.41) is 0. The lowest BCUT2D eigenvalue weighted by Crippen LogP contribution is -1.75. The first kappa shape index (κ1) is 5.75. The molecule has 0 fully saturated rings. The van der Waals surface area contributed by atoms with Gasteiger partial charge in [0.1, 0.15) is 0 Å². The van der Waals surface area contributed by atoms with E-state index in [4.69, 9.17) is 0 Å². The van der Waals surface area contributed by atoms with Gasteiger partial charge in [-0.1, -0.05) is 6.58 Å². The van der Waals surface area contributed by atoms with E-state index >= 15 is 0 Å². The molecular formula is C6H7N3. The van der Waals surface area contributed by atoms with Gasteiger partial charge in [0.05, 0.1) is 24.4 Å². The molecule has 0 bridgehead atoms. The van der Waals surface area contributed by atoms with E-state index in [1.807, 2.05) is 0 Å². The van der Waals surface area contributed by atoms with Crippen LogP contribution >= 0.6 is 0 Å². The van der Waals surface area contributed by atoms with Gasteiger partial charge in [-0.3, -0.25) is 4.99 Å². The van der Waals surface area contributed by atoms with Crippen LogP contribution in [0.5, 0.6) is 0 Å². The zero-order valence-corrected chi connectivity index (χ0v) is 4.91. The van der Waals surface area contributed by atoms with Crippen LogP contribution in [0.4, 0.5) is 0 Å². The predicted molar refractivity (Wildman–Crippen MR) is 36.4 cm³/mol. The maximum Gasteiger partial charge on any atom is 0.0924 e. The van der Waals surface area contributed by atoms with Crippen LogP contribution in [0.3, 0.4) is 0 Å². The number of nitrogens with one attached hydrogen (secondary N) is 1. The normalized spacial score (nSPS) is 10.2. The van der Waals surface area contributed by atoms with Gasteiger partial charge in [0, 0.05) is 6.20 Å². The van der Waals surface area contributed by atoms with Gasteiger partial charge >= 0.3 is 0 Å². The van der Waals surface area contributed by atoms with Crippen LogP contribution in [-0.2, 0) is 0 Å². The van der Waals surface area contributed by atoms with Crippen molar-refractivity contribution >= 4 is 6.21 Å². The molecule has 0 aliphatic heterocycles. The van der Waals surface area contributed by atoms with Gasteiger partial charge in [-0.2, -0.15) is 0 Å². The molecule has 3 nitrogen and oxygen atoms in total. The first-order valence-corrected chi connectivity index (χ1v) is 2.56. The Balaban J connectivity index is 2.67. The zero-order valence-electron chi connectivity index (χ0n) is 4.91. The van der Waals surface area contributed by atoms with Gasteiger partial charge in [-0.15, -0.1) is 0 Å². The minimum Gasteiger partial charge on any atom is -0.344 e. The van der Waals surface area contributed by atoms with Crippen LogP contribution in [0.2, 0.25) is 0 Å². The van der Waals surface area contributed by atoms with E-state index in [0.717, 1.165) is 5.69 Å². The summed E-state index contributed by atoms with van der Waals surface area (Å²) < 4.78 is 0. The standard InChI is InChI=1S/C6H7N3/c1-2-7-3-6-4-8-5-9-6/h2-5H,1H2,(H,8,9). The SMILES string of the molecule is C=CN=Cc1cnc[nH]1. The minimum atomic E-state index is 0.884. The van der Waals surface area contributed by atoms with E-state index in [0.29, 0.717) is 0 Å². The number of hydrogen-bond acceptors (Lipinski definition) is 2. The molecule has 1 aromatic rings. The van der Waals surface area contributed by atoms with Crippen molar-refractivity contribution in [1.82, 2.24) is 9.97 Å². The molecule has 0 aliphatic carbocycles. The molecule has 9 heavy (non-hydrogen) atoms. The highest BCUT2D eigenvalue weighted by molar-refractivity contribution is 5.76. The van der Waals surface area contributed by atoms with E-state index in [2.05, 4.69) is 21.5 Å². The van der Waals surface area contributed by atoms with Crippen molar-refractivity contribution in [3.05, 3.63) is 31.0 Å². The number of imidazole rings is 1. The lowest BCUT2D eigenvalue weighted by molar-refractivity contribution is 1.31. The maximum absolute atomic E-state index is 3.79. The monoisotopic (exact) mass is 121 g/mol. The molecule has 0 aromatic carbocycles. The fourth-order valence-corrected chi connectivity index (χ4v) is 0.470. The quantitative estimate of drug-likeness (QED) is 0.582. The molecule has 1 heterocycles. The first-order chi connectivity index (χ1) is 4.43. The molecule has 1 N–H and O–H groups in total. The van der Waals surface area contributed by atoms with Crippen LogP contribution in [0.15, 0.2) is 30.3 Å². The highest BCUT2D eigenvalue weighted by atomic mass is 14.9. The van der Waals surface area contributed by atoms with Crippen molar-refractivity contribution < 1.29 is 0 Å². The third-order valence-electron chi connectivity index (χ3n) is 0.838. The van der Waals surface area contributed by atoms with Gasteiger partial charge < -0.3 is 4.98 Å². The van der Waals surface area contributed by atoms with Crippen molar-refractivity contribution in [2.24, 2.45) is 4.99 Å². The van der Waals surface area contributed by atoms with Gasteiger partial charge in [-0.05, 0) is 0 Å². The number of aromatic nitrogens is 2. The Morgan fingerprint density at radius 2 is 2.67 bits per heavy atom. The molecule has 0 atom stereocenters. The topological polar surface area (TPSA) is 41.0 Å². The predicted octanol–water partition coefficient (Wildman–Crippen LogP) is 0.972. The highest BCUT2D eigenvalue weighted by Crippen LogP contribution is 1.83. The lowest BCUT2D eigenvalue weighted by Gasteiger charge is -1.76. The molecule has 0 spiro atoms. The summed E-state index contributed by atoms with van der Waals surface area (Å²) in [6.07, 6.45) is 6.41. The summed E-state index contributed by atoms with van der Waals surface area (Å²) in [5.41, 5.74) is 0.884. The number of H-pyrrole nitrogens is 1. The number of aliphatic imine (C=N–C) groups is 1. The Bertz CT molecular complexity index is 198. The zero-order chi connectivity index (χ0) is 6.53. The molecule has 3 heteroatoms. The molecule has 0 unspecified atom stereocenters. The Morgan fingerprint density at radius 3 is 3.22 bits per heavy atom. The summed E-state index contributed by atoms with van der Waals surface area (Å²) in [4.78, 5) is 10.4. The largest absolute Gasteiger partial charge is 0.344 e. The molecule has 1 aromatic heterocycles. The van der Waals surface area contributed by atoms with Gasteiger partial charge in [-0.25, -0.2) is 4.98 Å². The van der Waals surface area contributed by atoms with Gasteiger partial charge in [0.25, 0.3) is 0 Å². The Kier molecular flexibility index (Phi) is 1.80. The van der Waals surface area contributed by atoms with E-state index in [-0.39, 0.29) is 0 Å². The summed E-state index contributed by atoms with van der Waals surface area (Å²) in [6.45, 7) is 3.43. The van der Waals surface area contributed by atoms with Crippen LogP contribution < -0.4 is 0 Å². The Labute approximate surface area is 53.2 Å². The summed E-state index contributed by atoms with van der Waals surface area (Å²) in [6, 6.07) is 0. The van der Waals surface area contributed by atoms with E-state index in [1.54, 1.807) is 18.7 Å². The smallest absolute Gasteiger partial charge is 0.0924 e. The maximum atomic E-state index is 3.79. The molecular weight excluding hydrogens is 114 g/mol. The lowest BCUT2D eigenvalue weighted by atomic mass is 10.5. The molecule has 0 saturated carbocycles. The van der Waals surface area contributed by atoms with Gasteiger partial charge in [0.15, 0.2) is 0 Å². The van der Waals surface area contributed by atoms with Crippen LogP contribution in [0.25, 0.3) is 0 Å². The molecule has 46 valence electrons. The van der Waals surface area contributed by atoms with E-state index in [9.17, 15) is 0 Å². The van der Waals surface area contributed by atoms with Crippen molar-refractivity contribution in [2.75, 3.05) is 0 Å². The number of hydrogen-bond donors (Lipinski definition) is 1. The fraction of sp³-hybridized carbons (Fsp3) is 0. The number of rotatable bonds is 2. The van der Waals surface area contributed by atoms with Crippen molar-refractivity contribution in [3.63, 3.8) is 0 Å². The average molecular weight is 121 g/mol. The minimum absolute atomic E-state index is 0.884. The van der Waals surface area contributed by atoms with E-state index < -0.39 is 0 Å². The Morgan fingerprint density at radius 1 is 1.78 bits per heavy atom. The Hall–Kier alpha value is -1.38. The first-order valence-electron chi connectivity index (χ1n) is 2.56. The average Bonchev–Trinajstić information content (AvgIpc) is 2.34. The number of aromatic amines is 1. The number of nitrogens with zero attached hydrogens (tertiary/aromatic N) is 2. The third kappa shape index (κ3) is 1.53. The molecule has 0 saturated heterocycles. The molecule has 1 rings (SSSR count). The third-order valence-corrected chi connectivity index (χ3v) is 0.838. The second-order valence-corrected chi connectivity index (χ2v) is 1.47. The van der Waals surface area contributed by atoms with Crippen molar-refractivity contribution in [3.8, 4) is 0 Å². The van der Waals surface area contributed by atoms with Gasteiger partial charge in [0.2, 0.25) is 0 Å². The van der Waals surface area contributed by atoms with Crippen LogP contribution in [0, 0.1) is 0 Å². The summed E-state index contributed by atoms with van der Waals surface area (Å²) >= 11 is 0. The molecule has 0 amide bonds.